The van der Waals surface area contributed by atoms with E-state index in [1.54, 1.807) is 0 Å². The molecule has 0 radical (unpaired) electrons. The minimum Gasteiger partial charge on any atom is -0.361 e. The number of benzene rings is 2. The summed E-state index contributed by atoms with van der Waals surface area (Å²) in [4.78, 5) is 19.2. The maximum Gasteiger partial charge on any atom is 0.226 e. The maximum absolute atomic E-state index is 13.7. The molecule has 5 nitrogen and oxygen atoms in total. The molecule has 1 amide bonds. The highest BCUT2D eigenvalue weighted by Crippen LogP contribution is 2.28. The van der Waals surface area contributed by atoms with E-state index in [4.69, 9.17) is 0 Å². The van der Waals surface area contributed by atoms with E-state index in [1.165, 1.54) is 22.1 Å². The fourth-order valence-corrected chi connectivity index (χ4v) is 5.04. The van der Waals surface area contributed by atoms with Gasteiger partial charge in [-0.2, -0.15) is 5.10 Å². The molecule has 0 bridgehead atoms. The van der Waals surface area contributed by atoms with Crippen LogP contribution in [0.5, 0.6) is 0 Å². The van der Waals surface area contributed by atoms with Gasteiger partial charge in [0.1, 0.15) is 0 Å². The van der Waals surface area contributed by atoms with Gasteiger partial charge >= 0.3 is 0 Å². The molecule has 0 saturated carbocycles. The summed E-state index contributed by atoms with van der Waals surface area (Å²) >= 11 is 0. The largest absolute Gasteiger partial charge is 0.361 e. The molecular weight excluding hydrogens is 396 g/mol. The first kappa shape index (κ1) is 20.6. The lowest BCUT2D eigenvalue weighted by molar-refractivity contribution is -0.136. The van der Waals surface area contributed by atoms with Crippen molar-refractivity contribution in [2.75, 3.05) is 6.54 Å². The summed E-state index contributed by atoms with van der Waals surface area (Å²) < 4.78 is 1.90. The molecule has 0 fully saturated rings. The third-order valence-corrected chi connectivity index (χ3v) is 6.79. The Hall–Kier alpha value is -3.34. The van der Waals surface area contributed by atoms with Gasteiger partial charge in [-0.25, -0.2) is 0 Å². The molecule has 5 heteroatoms. The molecule has 0 saturated heterocycles. The number of amides is 1. The molecule has 1 N–H and O–H groups in total. The smallest absolute Gasteiger partial charge is 0.226 e. The van der Waals surface area contributed by atoms with Crippen LogP contribution in [0.1, 0.15) is 34.5 Å². The first-order chi connectivity index (χ1) is 15.6. The van der Waals surface area contributed by atoms with Crippen LogP contribution in [0.3, 0.4) is 0 Å². The third kappa shape index (κ3) is 4.07. The molecule has 1 atom stereocenters. The highest BCUT2D eigenvalue weighted by Gasteiger charge is 2.29. The van der Waals surface area contributed by atoms with Gasteiger partial charge in [0.15, 0.2) is 0 Å². The van der Waals surface area contributed by atoms with Crippen molar-refractivity contribution in [1.29, 1.82) is 0 Å². The summed E-state index contributed by atoms with van der Waals surface area (Å²) in [7, 11) is 1.96. The van der Waals surface area contributed by atoms with Crippen LogP contribution < -0.4 is 0 Å². The van der Waals surface area contributed by atoms with Crippen molar-refractivity contribution in [3.8, 4) is 0 Å². The van der Waals surface area contributed by atoms with Gasteiger partial charge in [0, 0.05) is 36.6 Å². The minimum absolute atomic E-state index is 0.0437. The second kappa shape index (κ2) is 8.65. The molecule has 5 rings (SSSR count). The van der Waals surface area contributed by atoms with Gasteiger partial charge < -0.3 is 9.88 Å². The second-order valence-corrected chi connectivity index (χ2v) is 8.98. The van der Waals surface area contributed by atoms with Crippen LogP contribution >= 0.6 is 0 Å². The monoisotopic (exact) mass is 426 g/mol. The van der Waals surface area contributed by atoms with Crippen molar-refractivity contribution in [3.05, 3.63) is 88.9 Å². The van der Waals surface area contributed by atoms with Crippen molar-refractivity contribution in [2.24, 2.45) is 13.0 Å². The van der Waals surface area contributed by atoms with Gasteiger partial charge in [0.2, 0.25) is 5.91 Å². The molecule has 1 aliphatic carbocycles. The number of para-hydroxylation sites is 1. The predicted molar refractivity (Wildman–Crippen MR) is 127 cm³/mol. The van der Waals surface area contributed by atoms with Crippen LogP contribution in [0.2, 0.25) is 0 Å². The molecule has 0 unspecified atom stereocenters. The number of carbonyl (C=O) groups is 1. The Morgan fingerprint density at radius 2 is 1.94 bits per heavy atom. The molecule has 2 aromatic carbocycles. The summed E-state index contributed by atoms with van der Waals surface area (Å²) in [5.74, 6) is 0.306. The predicted octanol–water partition coefficient (Wildman–Crippen LogP) is 4.59. The number of aryl methyl sites for hydroxylation is 3. The Kier molecular flexibility index (Phi) is 5.56. The Labute approximate surface area is 189 Å². The molecule has 0 spiro atoms. The summed E-state index contributed by atoms with van der Waals surface area (Å²) in [5, 5.41) is 5.73. The topological polar surface area (TPSA) is 53.9 Å². The van der Waals surface area contributed by atoms with E-state index in [2.05, 4.69) is 69.7 Å². The molecule has 4 aromatic rings. The van der Waals surface area contributed by atoms with Crippen molar-refractivity contribution in [2.45, 2.75) is 39.2 Å². The van der Waals surface area contributed by atoms with Gasteiger partial charge in [-0.15, -0.1) is 0 Å². The van der Waals surface area contributed by atoms with E-state index >= 15 is 0 Å². The SMILES string of the molecule is Cc1cc(CN(CCc2c[nH]c3ccccc23)C(=O)[C@H]2CCc3ccccc3C2)n(C)n1. The molecule has 0 aliphatic heterocycles. The summed E-state index contributed by atoms with van der Waals surface area (Å²) in [6.07, 6.45) is 5.65. The molecule has 2 aromatic heterocycles. The number of nitrogens with zero attached hydrogens (tertiary/aromatic N) is 3. The highest BCUT2D eigenvalue weighted by atomic mass is 16.2. The Balaban J connectivity index is 1.37. The lowest BCUT2D eigenvalue weighted by Crippen LogP contribution is -2.39. The van der Waals surface area contributed by atoms with E-state index in [9.17, 15) is 4.79 Å². The normalized spacial score (nSPS) is 15.6. The molecule has 32 heavy (non-hydrogen) atoms. The number of H-pyrrole nitrogens is 1. The van der Waals surface area contributed by atoms with Crippen LogP contribution in [-0.2, 0) is 37.6 Å². The van der Waals surface area contributed by atoms with Crippen LogP contribution in [0.15, 0.2) is 60.8 Å². The fraction of sp³-hybridized carbons (Fsp3) is 0.333. The lowest BCUT2D eigenvalue weighted by Gasteiger charge is -2.30. The number of fused-ring (bicyclic) bond motifs is 2. The average molecular weight is 427 g/mol. The van der Waals surface area contributed by atoms with E-state index in [0.29, 0.717) is 13.1 Å². The first-order valence-electron chi connectivity index (χ1n) is 11.5. The quantitative estimate of drug-likeness (QED) is 0.490. The number of nitrogens with one attached hydrogen (secondary N) is 1. The Bertz CT molecular complexity index is 1250. The zero-order valence-electron chi connectivity index (χ0n) is 18.8. The lowest BCUT2D eigenvalue weighted by atomic mass is 9.83. The number of hydrogen-bond acceptors (Lipinski definition) is 2. The third-order valence-electron chi connectivity index (χ3n) is 6.79. The van der Waals surface area contributed by atoms with Gasteiger partial charge in [0.25, 0.3) is 0 Å². The first-order valence-corrected chi connectivity index (χ1v) is 11.5. The molecule has 2 heterocycles. The number of rotatable bonds is 6. The Morgan fingerprint density at radius 3 is 2.75 bits per heavy atom. The van der Waals surface area contributed by atoms with Gasteiger partial charge in [-0.05, 0) is 61.4 Å². The number of carbonyl (C=O) groups excluding carboxylic acids is 1. The second-order valence-electron chi connectivity index (χ2n) is 8.98. The molecule has 164 valence electrons. The average Bonchev–Trinajstić information content (AvgIpc) is 3.37. The van der Waals surface area contributed by atoms with E-state index in [0.717, 1.165) is 42.6 Å². The van der Waals surface area contributed by atoms with Crippen molar-refractivity contribution in [1.82, 2.24) is 19.7 Å². The zero-order valence-corrected chi connectivity index (χ0v) is 18.8. The molecule has 1 aliphatic rings. The van der Waals surface area contributed by atoms with Crippen molar-refractivity contribution in [3.63, 3.8) is 0 Å². The number of hydrogen-bond donors (Lipinski definition) is 1. The number of aromatic amines is 1. The van der Waals surface area contributed by atoms with Gasteiger partial charge in [-0.1, -0.05) is 42.5 Å². The standard InChI is InChI=1S/C27H30N4O/c1-19-15-24(30(2)29-19)18-31(14-13-23-17-28-26-10-6-5-9-25(23)26)27(32)22-12-11-20-7-3-4-8-21(20)16-22/h3-10,15,17,22,28H,11-14,16,18H2,1-2H3/t22-/m0/s1. The van der Waals surface area contributed by atoms with Gasteiger partial charge in [0.05, 0.1) is 17.9 Å². The van der Waals surface area contributed by atoms with E-state index in [1.807, 2.05) is 24.7 Å². The highest BCUT2D eigenvalue weighted by molar-refractivity contribution is 5.83. The summed E-state index contributed by atoms with van der Waals surface area (Å²) in [6, 6.07) is 19.0. The maximum atomic E-state index is 13.7. The zero-order chi connectivity index (χ0) is 22.1. The number of aromatic nitrogens is 3. The van der Waals surface area contributed by atoms with Crippen LogP contribution in [0, 0.1) is 12.8 Å². The van der Waals surface area contributed by atoms with Crippen LogP contribution in [0.4, 0.5) is 0 Å². The van der Waals surface area contributed by atoms with Crippen molar-refractivity contribution >= 4 is 16.8 Å². The van der Waals surface area contributed by atoms with Crippen LogP contribution in [-0.4, -0.2) is 32.1 Å². The molecular formula is C27H30N4O. The minimum atomic E-state index is 0.0437. The Morgan fingerprint density at radius 1 is 1.16 bits per heavy atom. The summed E-state index contributed by atoms with van der Waals surface area (Å²) in [5.41, 5.74) is 7.18. The van der Waals surface area contributed by atoms with E-state index < -0.39 is 0 Å². The summed E-state index contributed by atoms with van der Waals surface area (Å²) in [6.45, 7) is 3.29. The fourth-order valence-electron chi connectivity index (χ4n) is 5.04. The van der Waals surface area contributed by atoms with Crippen molar-refractivity contribution < 1.29 is 4.79 Å². The van der Waals surface area contributed by atoms with Crippen LogP contribution in [0.25, 0.3) is 10.9 Å². The van der Waals surface area contributed by atoms with E-state index in [-0.39, 0.29) is 11.8 Å². The van der Waals surface area contributed by atoms with Gasteiger partial charge in [-0.3, -0.25) is 9.48 Å².